The van der Waals surface area contributed by atoms with E-state index in [1.807, 2.05) is 0 Å². The number of rotatable bonds is 11. The lowest BCUT2D eigenvalue weighted by atomic mass is 9.79. The van der Waals surface area contributed by atoms with Crippen LogP contribution in [-0.4, -0.2) is 56.6 Å². The summed E-state index contributed by atoms with van der Waals surface area (Å²) in [5, 5.41) is 0. The number of carbonyl (C=O) groups is 2. The summed E-state index contributed by atoms with van der Waals surface area (Å²) in [5.41, 5.74) is -0.0412. The Hall–Kier alpha value is -0.740. The largest absolute Gasteiger partial charge is 0.300 e. The molecule has 0 N–H and O–H groups in total. The Morgan fingerprint density at radius 2 is 0.688 bits per heavy atom. The van der Waals surface area contributed by atoms with Crippen molar-refractivity contribution < 1.29 is 9.59 Å². The first-order chi connectivity index (χ1) is 14.7. The van der Waals surface area contributed by atoms with Gasteiger partial charge in [-0.2, -0.15) is 0 Å². The summed E-state index contributed by atoms with van der Waals surface area (Å²) in [7, 11) is 0. The molecule has 0 aromatic carbocycles. The zero-order valence-corrected chi connectivity index (χ0v) is 22.6. The normalized spacial score (nSPS) is 25.2. The summed E-state index contributed by atoms with van der Waals surface area (Å²) < 4.78 is 0. The second-order valence-electron chi connectivity index (χ2n) is 13.2. The smallest absolute Gasteiger partial charge is 0.136 e. The molecule has 2 fully saturated rings. The van der Waals surface area contributed by atoms with Gasteiger partial charge < -0.3 is 0 Å². The number of unbranched alkanes of at least 4 members (excludes halogenated alkanes) is 7. The minimum atomic E-state index is -0.0103. The molecule has 0 amide bonds. The van der Waals surface area contributed by atoms with E-state index in [4.69, 9.17) is 0 Å². The Morgan fingerprint density at radius 1 is 0.469 bits per heavy atom. The molecule has 0 bridgehead atoms. The average molecular weight is 449 g/mol. The number of piperidine rings is 2. The molecule has 0 aliphatic carbocycles. The molecule has 0 aromatic heterocycles. The molecule has 2 aliphatic rings. The SMILES string of the molecule is CC1(C)CC(=O)CC(C)(C)N1CCCCCCCCCCN1C(C)(C)CC(=O)CC1(C)C. The number of nitrogens with zero attached hydrogens (tertiary/aromatic N) is 2. The lowest BCUT2D eigenvalue weighted by Gasteiger charge is -2.52. The maximum atomic E-state index is 12.1. The van der Waals surface area contributed by atoms with Crippen LogP contribution in [0.2, 0.25) is 0 Å². The molecule has 0 saturated carbocycles. The van der Waals surface area contributed by atoms with Crippen molar-refractivity contribution in [1.29, 1.82) is 0 Å². The highest BCUT2D eigenvalue weighted by Gasteiger charge is 2.45. The van der Waals surface area contributed by atoms with Crippen LogP contribution in [0.1, 0.15) is 132 Å². The van der Waals surface area contributed by atoms with Crippen LogP contribution in [0.3, 0.4) is 0 Å². The van der Waals surface area contributed by atoms with Crippen molar-refractivity contribution in [1.82, 2.24) is 9.80 Å². The van der Waals surface area contributed by atoms with Crippen LogP contribution in [0.5, 0.6) is 0 Å². The summed E-state index contributed by atoms with van der Waals surface area (Å²) in [6.45, 7) is 20.1. The third kappa shape index (κ3) is 7.38. The Bertz CT molecular complexity index is 552. The van der Waals surface area contributed by atoms with Gasteiger partial charge in [0.2, 0.25) is 0 Å². The molecular formula is C28H52N2O2. The van der Waals surface area contributed by atoms with E-state index in [0.717, 1.165) is 13.1 Å². The first-order valence-electron chi connectivity index (χ1n) is 13.3. The molecule has 2 rings (SSSR count). The summed E-state index contributed by atoms with van der Waals surface area (Å²) in [6.07, 6.45) is 13.1. The highest BCUT2D eigenvalue weighted by Crippen LogP contribution is 2.37. The molecule has 0 unspecified atom stereocenters. The monoisotopic (exact) mass is 448 g/mol. The van der Waals surface area contributed by atoms with Crippen LogP contribution in [0.15, 0.2) is 0 Å². The molecule has 4 nitrogen and oxygen atoms in total. The van der Waals surface area contributed by atoms with Crippen LogP contribution >= 0.6 is 0 Å². The Labute approximate surface area is 198 Å². The zero-order chi connectivity index (χ0) is 24.2. The Kier molecular flexibility index (Phi) is 9.18. The van der Waals surface area contributed by atoms with Crippen LogP contribution in [-0.2, 0) is 9.59 Å². The molecule has 0 atom stereocenters. The van der Waals surface area contributed by atoms with Crippen molar-refractivity contribution in [3.63, 3.8) is 0 Å². The van der Waals surface area contributed by atoms with Gasteiger partial charge in [0.15, 0.2) is 0 Å². The first-order valence-corrected chi connectivity index (χ1v) is 13.3. The molecule has 2 saturated heterocycles. The standard InChI is InChI=1S/C28H52N2O2/c1-25(2)19-23(31)20-26(3,4)29(25)17-15-13-11-9-10-12-14-16-18-30-27(5,6)21-24(32)22-28(30,7)8/h9-22H2,1-8H3. The van der Waals surface area contributed by atoms with E-state index in [0.29, 0.717) is 37.2 Å². The fraction of sp³-hybridized carbons (Fsp3) is 0.929. The van der Waals surface area contributed by atoms with Gasteiger partial charge in [-0.15, -0.1) is 0 Å². The van der Waals surface area contributed by atoms with Gasteiger partial charge in [-0.3, -0.25) is 19.4 Å². The average Bonchev–Trinajstić information content (AvgIpc) is 2.57. The van der Waals surface area contributed by atoms with E-state index in [1.165, 1.54) is 51.4 Å². The summed E-state index contributed by atoms with van der Waals surface area (Å²) >= 11 is 0. The predicted octanol–water partition coefficient (Wildman–Crippen LogP) is 6.55. The maximum Gasteiger partial charge on any atom is 0.136 e. The first kappa shape index (κ1) is 27.5. The van der Waals surface area contributed by atoms with Crippen molar-refractivity contribution >= 4 is 11.6 Å². The van der Waals surface area contributed by atoms with Gasteiger partial charge in [0, 0.05) is 47.8 Å². The van der Waals surface area contributed by atoms with Crippen molar-refractivity contribution in [2.45, 2.75) is 155 Å². The van der Waals surface area contributed by atoms with E-state index in [-0.39, 0.29) is 22.2 Å². The number of hydrogen-bond acceptors (Lipinski definition) is 4. The van der Waals surface area contributed by atoms with Gasteiger partial charge >= 0.3 is 0 Å². The van der Waals surface area contributed by atoms with Gasteiger partial charge in [0.25, 0.3) is 0 Å². The maximum absolute atomic E-state index is 12.1. The van der Waals surface area contributed by atoms with Crippen LogP contribution in [0, 0.1) is 0 Å². The van der Waals surface area contributed by atoms with Crippen LogP contribution in [0.4, 0.5) is 0 Å². The number of likely N-dealkylation sites (tertiary alicyclic amines) is 2. The minimum Gasteiger partial charge on any atom is -0.300 e. The Balaban J connectivity index is 1.58. The summed E-state index contributed by atoms with van der Waals surface area (Å²) in [6, 6.07) is 0. The molecule has 32 heavy (non-hydrogen) atoms. The molecule has 2 heterocycles. The van der Waals surface area contributed by atoms with E-state index >= 15 is 0 Å². The number of hydrogen-bond donors (Lipinski definition) is 0. The van der Waals surface area contributed by atoms with Gasteiger partial charge in [-0.25, -0.2) is 0 Å². The lowest BCUT2D eigenvalue weighted by molar-refractivity contribution is -0.134. The molecule has 0 aromatic rings. The van der Waals surface area contributed by atoms with Gasteiger partial charge in [-0.1, -0.05) is 38.5 Å². The topological polar surface area (TPSA) is 40.6 Å². The molecular weight excluding hydrogens is 396 g/mol. The van der Waals surface area contributed by atoms with Crippen molar-refractivity contribution in [2.75, 3.05) is 13.1 Å². The molecule has 2 aliphatic heterocycles. The van der Waals surface area contributed by atoms with E-state index in [9.17, 15) is 9.59 Å². The van der Waals surface area contributed by atoms with Crippen molar-refractivity contribution in [2.24, 2.45) is 0 Å². The number of ketones is 2. The lowest BCUT2D eigenvalue weighted by Crippen LogP contribution is -2.61. The van der Waals surface area contributed by atoms with E-state index < -0.39 is 0 Å². The minimum absolute atomic E-state index is 0.0103. The molecule has 0 spiro atoms. The van der Waals surface area contributed by atoms with E-state index in [2.05, 4.69) is 65.2 Å². The highest BCUT2D eigenvalue weighted by atomic mass is 16.1. The number of carbonyl (C=O) groups excluding carboxylic acids is 2. The third-order valence-corrected chi connectivity index (χ3v) is 7.96. The fourth-order valence-corrected chi connectivity index (χ4v) is 6.89. The molecule has 0 radical (unpaired) electrons. The Morgan fingerprint density at radius 3 is 0.938 bits per heavy atom. The fourth-order valence-electron chi connectivity index (χ4n) is 6.89. The van der Waals surface area contributed by atoms with Gasteiger partial charge in [0.05, 0.1) is 0 Å². The highest BCUT2D eigenvalue weighted by molar-refractivity contribution is 5.82. The van der Waals surface area contributed by atoms with Crippen molar-refractivity contribution in [3.05, 3.63) is 0 Å². The summed E-state index contributed by atoms with van der Waals surface area (Å²) in [5.74, 6) is 0.828. The van der Waals surface area contributed by atoms with Crippen molar-refractivity contribution in [3.8, 4) is 0 Å². The van der Waals surface area contributed by atoms with Crippen LogP contribution < -0.4 is 0 Å². The molecule has 186 valence electrons. The predicted molar refractivity (Wildman–Crippen MR) is 135 cm³/mol. The second kappa shape index (κ2) is 10.7. The number of Topliss-reactive ketones (excluding diaryl/α,β-unsaturated/α-hetero) is 2. The third-order valence-electron chi connectivity index (χ3n) is 7.96. The van der Waals surface area contributed by atoms with Gasteiger partial charge in [0.1, 0.15) is 11.6 Å². The summed E-state index contributed by atoms with van der Waals surface area (Å²) in [4.78, 5) is 29.3. The quantitative estimate of drug-likeness (QED) is 0.336. The van der Waals surface area contributed by atoms with Crippen LogP contribution in [0.25, 0.3) is 0 Å². The van der Waals surface area contributed by atoms with E-state index in [1.54, 1.807) is 0 Å². The zero-order valence-electron chi connectivity index (χ0n) is 22.6. The van der Waals surface area contributed by atoms with Gasteiger partial charge in [-0.05, 0) is 81.3 Å². The molecule has 4 heteroatoms. The second-order valence-corrected chi connectivity index (χ2v) is 13.2.